The van der Waals surface area contributed by atoms with Crippen LogP contribution < -0.4 is 0 Å². The standard InChI is InChI=1S/C7H14O6/c1-12-7-6(11)5(10)4(9)3(2-8)13-7/h3-11H,2H2,1H3/t3-,4-,5-,6+,7+/m0/s1. The average molecular weight is 194 g/mol. The van der Waals surface area contributed by atoms with Crippen molar-refractivity contribution in [1.82, 2.24) is 0 Å². The maximum absolute atomic E-state index is 9.28. The fourth-order valence-electron chi connectivity index (χ4n) is 1.26. The van der Waals surface area contributed by atoms with Gasteiger partial charge >= 0.3 is 0 Å². The quantitative estimate of drug-likeness (QED) is 0.386. The minimum absolute atomic E-state index is 0.440. The molecule has 0 aromatic carbocycles. The van der Waals surface area contributed by atoms with Crippen molar-refractivity contribution < 1.29 is 29.9 Å². The summed E-state index contributed by atoms with van der Waals surface area (Å²) < 4.78 is 9.65. The molecule has 1 saturated heterocycles. The molecule has 1 fully saturated rings. The minimum Gasteiger partial charge on any atom is -0.394 e. The molecule has 0 saturated carbocycles. The minimum atomic E-state index is -1.36. The summed E-state index contributed by atoms with van der Waals surface area (Å²) in [7, 11) is 1.30. The zero-order chi connectivity index (χ0) is 10.0. The molecule has 1 heterocycles. The van der Waals surface area contributed by atoms with E-state index >= 15 is 0 Å². The molecule has 0 unspecified atom stereocenters. The number of hydrogen-bond acceptors (Lipinski definition) is 6. The van der Waals surface area contributed by atoms with Crippen molar-refractivity contribution in [3.05, 3.63) is 0 Å². The maximum Gasteiger partial charge on any atom is 0.186 e. The Hall–Kier alpha value is -0.240. The van der Waals surface area contributed by atoms with E-state index in [2.05, 4.69) is 0 Å². The highest BCUT2D eigenvalue weighted by Crippen LogP contribution is 2.20. The molecule has 4 N–H and O–H groups in total. The third-order valence-corrected chi connectivity index (χ3v) is 2.08. The fourth-order valence-corrected chi connectivity index (χ4v) is 1.26. The molecule has 0 aromatic heterocycles. The Labute approximate surface area is 75.3 Å². The Kier molecular flexibility index (Phi) is 3.60. The van der Waals surface area contributed by atoms with E-state index in [0.29, 0.717) is 0 Å². The maximum atomic E-state index is 9.28. The second-order valence-electron chi connectivity index (χ2n) is 2.93. The first-order valence-corrected chi connectivity index (χ1v) is 3.95. The SMILES string of the molecule is CO[C@@H]1O[C@@H](CO)[C@H](O)[C@H](O)[C@H]1O. The summed E-state index contributed by atoms with van der Waals surface area (Å²) in [6, 6.07) is 0. The van der Waals surface area contributed by atoms with Crippen molar-refractivity contribution in [2.45, 2.75) is 30.7 Å². The van der Waals surface area contributed by atoms with Gasteiger partial charge in [-0.05, 0) is 0 Å². The lowest BCUT2D eigenvalue weighted by molar-refractivity contribution is -0.294. The fraction of sp³-hybridized carbons (Fsp3) is 1.00. The monoisotopic (exact) mass is 194 g/mol. The van der Waals surface area contributed by atoms with E-state index in [1.54, 1.807) is 0 Å². The van der Waals surface area contributed by atoms with Gasteiger partial charge in [-0.25, -0.2) is 0 Å². The number of ether oxygens (including phenoxy) is 2. The van der Waals surface area contributed by atoms with Crippen LogP contribution in [0.15, 0.2) is 0 Å². The van der Waals surface area contributed by atoms with E-state index in [9.17, 15) is 15.3 Å². The third-order valence-electron chi connectivity index (χ3n) is 2.08. The number of aliphatic hydroxyl groups excluding tert-OH is 4. The van der Waals surface area contributed by atoms with E-state index in [0.717, 1.165) is 0 Å². The molecule has 0 aliphatic carbocycles. The van der Waals surface area contributed by atoms with Gasteiger partial charge in [0.05, 0.1) is 6.61 Å². The molecule has 13 heavy (non-hydrogen) atoms. The molecular weight excluding hydrogens is 180 g/mol. The molecule has 1 rings (SSSR count). The van der Waals surface area contributed by atoms with Gasteiger partial charge in [0.1, 0.15) is 24.4 Å². The molecule has 6 heteroatoms. The van der Waals surface area contributed by atoms with Gasteiger partial charge < -0.3 is 29.9 Å². The lowest BCUT2D eigenvalue weighted by Gasteiger charge is -2.38. The van der Waals surface area contributed by atoms with Crippen molar-refractivity contribution in [3.8, 4) is 0 Å². The number of methoxy groups -OCH3 is 1. The van der Waals surface area contributed by atoms with Gasteiger partial charge in [0.25, 0.3) is 0 Å². The average Bonchev–Trinajstić information content (AvgIpc) is 2.15. The van der Waals surface area contributed by atoms with Crippen molar-refractivity contribution >= 4 is 0 Å². The van der Waals surface area contributed by atoms with Gasteiger partial charge in [0, 0.05) is 7.11 Å². The van der Waals surface area contributed by atoms with E-state index in [1.165, 1.54) is 7.11 Å². The smallest absolute Gasteiger partial charge is 0.186 e. The molecule has 0 amide bonds. The van der Waals surface area contributed by atoms with E-state index in [-0.39, 0.29) is 0 Å². The van der Waals surface area contributed by atoms with Gasteiger partial charge in [-0.15, -0.1) is 0 Å². The first-order chi connectivity index (χ1) is 6.11. The Bertz CT molecular complexity index is 143. The molecule has 6 nitrogen and oxygen atoms in total. The lowest BCUT2D eigenvalue weighted by Crippen LogP contribution is -2.58. The van der Waals surface area contributed by atoms with Gasteiger partial charge in [-0.2, -0.15) is 0 Å². The van der Waals surface area contributed by atoms with Crippen molar-refractivity contribution in [2.24, 2.45) is 0 Å². The van der Waals surface area contributed by atoms with Crippen LogP contribution in [-0.4, -0.2) is 64.8 Å². The second kappa shape index (κ2) is 4.32. The summed E-state index contributed by atoms with van der Waals surface area (Å²) in [5, 5.41) is 36.6. The molecule has 0 spiro atoms. The number of hydrogen-bond donors (Lipinski definition) is 4. The van der Waals surface area contributed by atoms with Crippen LogP contribution in [-0.2, 0) is 9.47 Å². The van der Waals surface area contributed by atoms with Crippen LogP contribution >= 0.6 is 0 Å². The largest absolute Gasteiger partial charge is 0.394 e. The molecule has 1 aliphatic rings. The van der Waals surface area contributed by atoms with Gasteiger partial charge in [0.2, 0.25) is 0 Å². The van der Waals surface area contributed by atoms with Crippen LogP contribution in [0.25, 0.3) is 0 Å². The summed E-state index contributed by atoms with van der Waals surface area (Å²) in [6.45, 7) is -0.440. The summed E-state index contributed by atoms with van der Waals surface area (Å²) in [6.07, 6.45) is -5.91. The van der Waals surface area contributed by atoms with Crippen molar-refractivity contribution in [1.29, 1.82) is 0 Å². The summed E-state index contributed by atoms with van der Waals surface area (Å²) in [5.41, 5.74) is 0. The van der Waals surface area contributed by atoms with Gasteiger partial charge in [-0.1, -0.05) is 0 Å². The summed E-state index contributed by atoms with van der Waals surface area (Å²) in [4.78, 5) is 0. The first kappa shape index (κ1) is 10.8. The molecule has 1 aliphatic heterocycles. The molecule has 0 bridgehead atoms. The Morgan fingerprint density at radius 2 is 1.77 bits per heavy atom. The molecular formula is C7H14O6. The highest BCUT2D eigenvalue weighted by molar-refractivity contribution is 4.88. The van der Waals surface area contributed by atoms with Crippen LogP contribution in [0.4, 0.5) is 0 Å². The normalized spacial score (nSPS) is 46.4. The van der Waals surface area contributed by atoms with Crippen LogP contribution in [0.1, 0.15) is 0 Å². The molecule has 78 valence electrons. The number of rotatable bonds is 2. The molecule has 0 aromatic rings. The Morgan fingerprint density at radius 3 is 2.23 bits per heavy atom. The van der Waals surface area contributed by atoms with Crippen LogP contribution in [0.5, 0.6) is 0 Å². The summed E-state index contributed by atoms with van der Waals surface area (Å²) in [5.74, 6) is 0. The second-order valence-corrected chi connectivity index (χ2v) is 2.93. The number of aliphatic hydroxyl groups is 4. The van der Waals surface area contributed by atoms with Crippen molar-refractivity contribution in [3.63, 3.8) is 0 Å². The predicted octanol–water partition coefficient (Wildman–Crippen LogP) is -2.57. The van der Waals surface area contributed by atoms with Crippen molar-refractivity contribution in [2.75, 3.05) is 13.7 Å². The van der Waals surface area contributed by atoms with Crippen LogP contribution in [0, 0.1) is 0 Å². The third kappa shape index (κ3) is 1.98. The van der Waals surface area contributed by atoms with Gasteiger partial charge in [0.15, 0.2) is 6.29 Å². The lowest BCUT2D eigenvalue weighted by atomic mass is 9.99. The highest BCUT2D eigenvalue weighted by Gasteiger charge is 2.43. The first-order valence-electron chi connectivity index (χ1n) is 3.95. The summed E-state index contributed by atoms with van der Waals surface area (Å²) >= 11 is 0. The van der Waals surface area contributed by atoms with E-state index in [4.69, 9.17) is 14.6 Å². The van der Waals surface area contributed by atoms with Crippen LogP contribution in [0.2, 0.25) is 0 Å². The van der Waals surface area contributed by atoms with E-state index in [1.807, 2.05) is 0 Å². The topological polar surface area (TPSA) is 99.4 Å². The zero-order valence-corrected chi connectivity index (χ0v) is 7.20. The van der Waals surface area contributed by atoms with Gasteiger partial charge in [-0.3, -0.25) is 0 Å². The molecule has 5 atom stereocenters. The highest BCUT2D eigenvalue weighted by atomic mass is 16.7. The Balaban J connectivity index is 2.66. The molecule has 0 radical (unpaired) electrons. The van der Waals surface area contributed by atoms with Crippen LogP contribution in [0.3, 0.4) is 0 Å². The zero-order valence-electron chi connectivity index (χ0n) is 7.20. The van der Waals surface area contributed by atoms with E-state index < -0.39 is 37.3 Å². The predicted molar refractivity (Wildman–Crippen MR) is 40.8 cm³/mol. The Morgan fingerprint density at radius 1 is 1.15 bits per heavy atom.